The van der Waals surface area contributed by atoms with Crippen molar-refractivity contribution in [2.45, 2.75) is 26.3 Å². The molecule has 3 N–H and O–H groups in total. The SMILES string of the molecule is CCNC(CC(N)=O)c1cccc(OCC)c1. The smallest absolute Gasteiger partial charge is 0.219 e. The zero-order valence-electron chi connectivity index (χ0n) is 10.4. The first-order chi connectivity index (χ1) is 8.17. The van der Waals surface area contributed by atoms with Crippen LogP contribution in [0.3, 0.4) is 0 Å². The summed E-state index contributed by atoms with van der Waals surface area (Å²) in [6, 6.07) is 7.70. The Balaban J connectivity index is 2.84. The molecule has 0 bridgehead atoms. The lowest BCUT2D eigenvalue weighted by molar-refractivity contribution is -0.118. The van der Waals surface area contributed by atoms with E-state index >= 15 is 0 Å². The monoisotopic (exact) mass is 236 g/mol. The van der Waals surface area contributed by atoms with Crippen molar-refractivity contribution in [2.75, 3.05) is 13.2 Å². The molecule has 0 saturated heterocycles. The third kappa shape index (κ3) is 4.44. The number of ether oxygens (including phenoxy) is 1. The van der Waals surface area contributed by atoms with E-state index in [4.69, 9.17) is 10.5 Å². The lowest BCUT2D eigenvalue weighted by Gasteiger charge is -2.17. The maximum atomic E-state index is 11.0. The Morgan fingerprint density at radius 3 is 2.82 bits per heavy atom. The van der Waals surface area contributed by atoms with Gasteiger partial charge in [-0.2, -0.15) is 0 Å². The molecule has 4 heteroatoms. The Labute approximate surface area is 102 Å². The second kappa shape index (κ2) is 6.91. The van der Waals surface area contributed by atoms with E-state index in [1.54, 1.807) is 0 Å². The molecule has 4 nitrogen and oxygen atoms in total. The second-order valence-corrected chi connectivity index (χ2v) is 3.79. The first-order valence-corrected chi connectivity index (χ1v) is 5.91. The molecule has 1 unspecified atom stereocenters. The molecular formula is C13H20N2O2. The molecule has 1 aromatic carbocycles. The van der Waals surface area contributed by atoms with Crippen LogP contribution in [-0.2, 0) is 4.79 Å². The van der Waals surface area contributed by atoms with Gasteiger partial charge in [0.25, 0.3) is 0 Å². The van der Waals surface area contributed by atoms with Crippen LogP contribution in [0.4, 0.5) is 0 Å². The molecule has 0 heterocycles. The lowest BCUT2D eigenvalue weighted by atomic mass is 10.0. The summed E-state index contributed by atoms with van der Waals surface area (Å²) in [5, 5.41) is 3.24. The highest BCUT2D eigenvalue weighted by atomic mass is 16.5. The number of amides is 1. The van der Waals surface area contributed by atoms with Crippen LogP contribution in [0.25, 0.3) is 0 Å². The first kappa shape index (κ1) is 13.5. The van der Waals surface area contributed by atoms with E-state index in [1.165, 1.54) is 0 Å². The molecule has 1 aromatic rings. The van der Waals surface area contributed by atoms with Crippen LogP contribution in [0.15, 0.2) is 24.3 Å². The molecule has 17 heavy (non-hydrogen) atoms. The van der Waals surface area contributed by atoms with Crippen LogP contribution in [0.1, 0.15) is 31.9 Å². The van der Waals surface area contributed by atoms with Gasteiger partial charge in [-0.05, 0) is 31.2 Å². The van der Waals surface area contributed by atoms with Crippen molar-refractivity contribution in [1.29, 1.82) is 0 Å². The number of carbonyl (C=O) groups is 1. The fourth-order valence-electron chi connectivity index (χ4n) is 1.74. The topological polar surface area (TPSA) is 64.3 Å². The summed E-state index contributed by atoms with van der Waals surface area (Å²) in [6.07, 6.45) is 0.295. The fraction of sp³-hybridized carbons (Fsp3) is 0.462. The Bertz CT molecular complexity index is 366. The predicted molar refractivity (Wildman–Crippen MR) is 67.8 cm³/mol. The number of primary amides is 1. The van der Waals surface area contributed by atoms with Gasteiger partial charge >= 0.3 is 0 Å². The van der Waals surface area contributed by atoms with Gasteiger partial charge in [-0.15, -0.1) is 0 Å². The van der Waals surface area contributed by atoms with Gasteiger partial charge < -0.3 is 15.8 Å². The molecule has 0 saturated carbocycles. The van der Waals surface area contributed by atoms with Crippen molar-refractivity contribution in [2.24, 2.45) is 5.73 Å². The minimum absolute atomic E-state index is 0.0436. The van der Waals surface area contributed by atoms with E-state index in [2.05, 4.69) is 5.32 Å². The highest BCUT2D eigenvalue weighted by molar-refractivity contribution is 5.74. The molecule has 0 aliphatic rings. The minimum Gasteiger partial charge on any atom is -0.494 e. The summed E-state index contributed by atoms with van der Waals surface area (Å²) in [7, 11) is 0. The van der Waals surface area contributed by atoms with E-state index < -0.39 is 0 Å². The predicted octanol–water partition coefficient (Wildman–Crippen LogP) is 1.61. The Morgan fingerprint density at radius 1 is 1.47 bits per heavy atom. The van der Waals surface area contributed by atoms with E-state index in [-0.39, 0.29) is 11.9 Å². The molecular weight excluding hydrogens is 216 g/mol. The van der Waals surface area contributed by atoms with Crippen LogP contribution in [-0.4, -0.2) is 19.1 Å². The summed E-state index contributed by atoms with van der Waals surface area (Å²) in [5.74, 6) is 0.509. The summed E-state index contributed by atoms with van der Waals surface area (Å²) in [6.45, 7) is 5.36. The molecule has 0 fully saturated rings. The number of carbonyl (C=O) groups excluding carboxylic acids is 1. The quantitative estimate of drug-likeness (QED) is 0.756. The molecule has 1 atom stereocenters. The van der Waals surface area contributed by atoms with Gasteiger partial charge in [0.05, 0.1) is 6.61 Å². The minimum atomic E-state index is -0.308. The highest BCUT2D eigenvalue weighted by Crippen LogP contribution is 2.21. The van der Waals surface area contributed by atoms with Gasteiger partial charge in [0.15, 0.2) is 0 Å². The third-order valence-corrected chi connectivity index (χ3v) is 2.43. The van der Waals surface area contributed by atoms with Crippen LogP contribution in [0, 0.1) is 0 Å². The van der Waals surface area contributed by atoms with Gasteiger partial charge in [0.2, 0.25) is 5.91 Å². The molecule has 1 rings (SSSR count). The number of nitrogens with one attached hydrogen (secondary N) is 1. The number of benzene rings is 1. The first-order valence-electron chi connectivity index (χ1n) is 5.91. The molecule has 0 radical (unpaired) electrons. The third-order valence-electron chi connectivity index (χ3n) is 2.43. The van der Waals surface area contributed by atoms with Crippen LogP contribution in [0.2, 0.25) is 0 Å². The van der Waals surface area contributed by atoms with Crippen molar-refractivity contribution in [3.05, 3.63) is 29.8 Å². The van der Waals surface area contributed by atoms with Gasteiger partial charge in [-0.1, -0.05) is 19.1 Å². The fourth-order valence-corrected chi connectivity index (χ4v) is 1.74. The van der Waals surface area contributed by atoms with Crippen molar-refractivity contribution in [3.63, 3.8) is 0 Å². The van der Waals surface area contributed by atoms with Crippen LogP contribution >= 0.6 is 0 Å². The van der Waals surface area contributed by atoms with Gasteiger partial charge in [0.1, 0.15) is 5.75 Å². The number of hydrogen-bond donors (Lipinski definition) is 2. The Hall–Kier alpha value is -1.55. The van der Waals surface area contributed by atoms with E-state index in [9.17, 15) is 4.79 Å². The molecule has 0 aliphatic heterocycles. The summed E-state index contributed by atoms with van der Waals surface area (Å²) >= 11 is 0. The lowest BCUT2D eigenvalue weighted by Crippen LogP contribution is -2.26. The van der Waals surface area contributed by atoms with Crippen molar-refractivity contribution in [3.8, 4) is 5.75 Å². The number of rotatable bonds is 7. The summed E-state index contributed by atoms with van der Waals surface area (Å²) < 4.78 is 5.44. The van der Waals surface area contributed by atoms with E-state index in [0.717, 1.165) is 17.9 Å². The van der Waals surface area contributed by atoms with E-state index in [1.807, 2.05) is 38.1 Å². The molecule has 0 aliphatic carbocycles. The molecule has 1 amide bonds. The standard InChI is InChI=1S/C13H20N2O2/c1-3-15-12(9-13(14)16)10-6-5-7-11(8-10)17-4-2/h5-8,12,15H,3-4,9H2,1-2H3,(H2,14,16). The zero-order valence-corrected chi connectivity index (χ0v) is 10.4. The maximum absolute atomic E-state index is 11.0. The summed E-state index contributed by atoms with van der Waals surface area (Å²) in [5.41, 5.74) is 6.27. The highest BCUT2D eigenvalue weighted by Gasteiger charge is 2.13. The van der Waals surface area contributed by atoms with Gasteiger partial charge in [-0.3, -0.25) is 4.79 Å². The molecule has 94 valence electrons. The Morgan fingerprint density at radius 2 is 2.24 bits per heavy atom. The van der Waals surface area contributed by atoms with E-state index in [0.29, 0.717) is 13.0 Å². The number of hydrogen-bond acceptors (Lipinski definition) is 3. The average molecular weight is 236 g/mol. The Kier molecular flexibility index (Phi) is 5.49. The molecule has 0 spiro atoms. The largest absolute Gasteiger partial charge is 0.494 e. The maximum Gasteiger partial charge on any atom is 0.219 e. The second-order valence-electron chi connectivity index (χ2n) is 3.79. The van der Waals surface area contributed by atoms with Gasteiger partial charge in [-0.25, -0.2) is 0 Å². The van der Waals surface area contributed by atoms with Crippen molar-refractivity contribution < 1.29 is 9.53 Å². The van der Waals surface area contributed by atoms with Crippen LogP contribution in [0.5, 0.6) is 5.75 Å². The van der Waals surface area contributed by atoms with Crippen LogP contribution < -0.4 is 15.8 Å². The van der Waals surface area contributed by atoms with Crippen molar-refractivity contribution in [1.82, 2.24) is 5.32 Å². The summed E-state index contributed by atoms with van der Waals surface area (Å²) in [4.78, 5) is 11.0. The van der Waals surface area contributed by atoms with Crippen molar-refractivity contribution >= 4 is 5.91 Å². The van der Waals surface area contributed by atoms with Gasteiger partial charge in [0, 0.05) is 12.5 Å². The normalized spacial score (nSPS) is 12.1. The zero-order chi connectivity index (χ0) is 12.7. The number of nitrogens with two attached hydrogens (primary N) is 1. The average Bonchev–Trinajstić information content (AvgIpc) is 2.29. The molecule has 0 aromatic heterocycles.